The highest BCUT2D eigenvalue weighted by Gasteiger charge is 2.41. The average Bonchev–Trinajstić information content (AvgIpc) is 2.66. The van der Waals surface area contributed by atoms with E-state index in [9.17, 15) is 0 Å². The van der Waals surface area contributed by atoms with E-state index in [-0.39, 0.29) is 12.0 Å². The first-order valence-electron chi connectivity index (χ1n) is 8.66. The Kier molecular flexibility index (Phi) is 4.00. The normalized spacial score (nSPS) is 24.4. The van der Waals surface area contributed by atoms with Gasteiger partial charge in [0.2, 0.25) is 5.70 Å². The lowest BCUT2D eigenvalue weighted by Crippen LogP contribution is -2.38. The Bertz CT molecular complexity index is 845. The van der Waals surface area contributed by atoms with Crippen molar-refractivity contribution in [2.75, 3.05) is 27.9 Å². The maximum atomic E-state index is 5.76. The SMILES string of the molecule is COC1=CC=C2C(C)=C3c4cc(OC)ccc4CC[N+]3=CC2C1OC. The summed E-state index contributed by atoms with van der Waals surface area (Å²) in [7, 11) is 5.17. The van der Waals surface area contributed by atoms with E-state index in [1.165, 1.54) is 28.0 Å². The van der Waals surface area contributed by atoms with Crippen LogP contribution in [0.2, 0.25) is 0 Å². The Hall–Kier alpha value is -2.33. The standard InChI is InChI=1S/C21H24NO3/c1-13-16-7-8-19(24-3)21(25-4)18(16)12-22-10-9-14-5-6-15(23-2)11-17(14)20(13)22/h5-8,11-12,18,21H,9-10H2,1-4H3/q+1. The summed E-state index contributed by atoms with van der Waals surface area (Å²) in [6, 6.07) is 6.39. The molecule has 130 valence electrons. The molecule has 2 unspecified atom stereocenters. The van der Waals surface area contributed by atoms with Gasteiger partial charge in [-0.25, -0.2) is 4.58 Å². The molecule has 0 spiro atoms. The first-order valence-corrected chi connectivity index (χ1v) is 8.66. The number of benzene rings is 1. The second-order valence-electron chi connectivity index (χ2n) is 6.67. The van der Waals surface area contributed by atoms with Gasteiger partial charge in [0.25, 0.3) is 0 Å². The quantitative estimate of drug-likeness (QED) is 0.793. The monoisotopic (exact) mass is 338 g/mol. The molecule has 2 heterocycles. The van der Waals surface area contributed by atoms with Crippen molar-refractivity contribution in [3.63, 3.8) is 0 Å². The molecule has 0 fully saturated rings. The molecule has 4 nitrogen and oxygen atoms in total. The molecule has 0 N–H and O–H groups in total. The van der Waals surface area contributed by atoms with E-state index in [1.807, 2.05) is 12.1 Å². The summed E-state index contributed by atoms with van der Waals surface area (Å²) in [6.07, 6.45) is 7.46. The summed E-state index contributed by atoms with van der Waals surface area (Å²) in [6.45, 7) is 3.19. The van der Waals surface area contributed by atoms with E-state index < -0.39 is 0 Å². The molecule has 0 saturated heterocycles. The summed E-state index contributed by atoms with van der Waals surface area (Å²) in [4.78, 5) is 0. The molecule has 4 rings (SSSR count). The van der Waals surface area contributed by atoms with Crippen LogP contribution in [0.3, 0.4) is 0 Å². The zero-order chi connectivity index (χ0) is 17.6. The van der Waals surface area contributed by atoms with Crippen LogP contribution in [0.5, 0.6) is 5.75 Å². The maximum absolute atomic E-state index is 5.76. The first kappa shape index (κ1) is 16.2. The number of nitrogens with zero attached hydrogens (tertiary/aromatic N) is 1. The molecule has 2 atom stereocenters. The number of fused-ring (bicyclic) bond motifs is 4. The number of hydrogen-bond donors (Lipinski definition) is 0. The number of allylic oxidation sites excluding steroid dienone is 3. The molecule has 3 aliphatic rings. The molecule has 1 aliphatic carbocycles. The van der Waals surface area contributed by atoms with Gasteiger partial charge in [-0.05, 0) is 36.3 Å². The fourth-order valence-electron chi connectivity index (χ4n) is 4.22. The highest BCUT2D eigenvalue weighted by molar-refractivity contribution is 5.81. The Morgan fingerprint density at radius 2 is 1.92 bits per heavy atom. The van der Waals surface area contributed by atoms with Gasteiger partial charge < -0.3 is 14.2 Å². The Balaban J connectivity index is 1.88. The largest absolute Gasteiger partial charge is 0.498 e. The maximum Gasteiger partial charge on any atom is 0.215 e. The molecular formula is C21H24NO3+. The summed E-state index contributed by atoms with van der Waals surface area (Å²) in [5.74, 6) is 1.96. The van der Waals surface area contributed by atoms with Crippen molar-refractivity contribution >= 4 is 11.9 Å². The lowest BCUT2D eigenvalue weighted by molar-refractivity contribution is -0.434. The third-order valence-corrected chi connectivity index (χ3v) is 5.49. The summed E-state index contributed by atoms with van der Waals surface area (Å²) >= 11 is 0. The smallest absolute Gasteiger partial charge is 0.215 e. The highest BCUT2D eigenvalue weighted by atomic mass is 16.5. The van der Waals surface area contributed by atoms with Crippen LogP contribution in [-0.4, -0.2) is 44.8 Å². The van der Waals surface area contributed by atoms with Gasteiger partial charge in [0.05, 0.1) is 25.7 Å². The van der Waals surface area contributed by atoms with Crippen molar-refractivity contribution in [2.45, 2.75) is 19.4 Å². The third-order valence-electron chi connectivity index (χ3n) is 5.49. The minimum atomic E-state index is -0.0757. The zero-order valence-corrected chi connectivity index (χ0v) is 15.2. The summed E-state index contributed by atoms with van der Waals surface area (Å²) < 4.78 is 19.1. The van der Waals surface area contributed by atoms with E-state index in [0.717, 1.165) is 24.5 Å². The van der Waals surface area contributed by atoms with Crippen LogP contribution in [0.15, 0.2) is 47.3 Å². The van der Waals surface area contributed by atoms with Crippen molar-refractivity contribution in [1.82, 2.24) is 0 Å². The van der Waals surface area contributed by atoms with Gasteiger partial charge in [0.1, 0.15) is 17.6 Å². The Morgan fingerprint density at radius 3 is 2.64 bits per heavy atom. The van der Waals surface area contributed by atoms with Crippen LogP contribution in [0.25, 0.3) is 5.70 Å². The molecule has 0 aromatic heterocycles. The van der Waals surface area contributed by atoms with Crippen LogP contribution >= 0.6 is 0 Å². The topological polar surface area (TPSA) is 30.7 Å². The second kappa shape index (κ2) is 6.19. The van der Waals surface area contributed by atoms with E-state index in [2.05, 4.69) is 35.9 Å². The van der Waals surface area contributed by atoms with Crippen LogP contribution in [-0.2, 0) is 15.9 Å². The predicted octanol–water partition coefficient (Wildman–Crippen LogP) is 3.18. The minimum Gasteiger partial charge on any atom is -0.498 e. The summed E-state index contributed by atoms with van der Waals surface area (Å²) in [5, 5.41) is 0. The van der Waals surface area contributed by atoms with E-state index in [0.29, 0.717) is 0 Å². The van der Waals surface area contributed by atoms with Crippen molar-refractivity contribution in [2.24, 2.45) is 5.92 Å². The van der Waals surface area contributed by atoms with E-state index >= 15 is 0 Å². The predicted molar refractivity (Wildman–Crippen MR) is 97.9 cm³/mol. The van der Waals surface area contributed by atoms with Crippen molar-refractivity contribution in [3.8, 4) is 5.75 Å². The van der Waals surface area contributed by atoms with Gasteiger partial charge in [0, 0.05) is 19.1 Å². The molecule has 1 aromatic rings. The van der Waals surface area contributed by atoms with Crippen molar-refractivity contribution in [3.05, 3.63) is 58.4 Å². The lowest BCUT2D eigenvalue weighted by Gasteiger charge is -2.33. The molecule has 0 saturated carbocycles. The van der Waals surface area contributed by atoms with Gasteiger partial charge in [-0.2, -0.15) is 0 Å². The molecular weight excluding hydrogens is 314 g/mol. The molecule has 2 aliphatic heterocycles. The Morgan fingerprint density at radius 1 is 1.08 bits per heavy atom. The van der Waals surface area contributed by atoms with Gasteiger partial charge in [0.15, 0.2) is 12.8 Å². The molecule has 4 heteroatoms. The number of ether oxygens (including phenoxy) is 3. The first-order chi connectivity index (χ1) is 12.2. The van der Waals surface area contributed by atoms with Crippen LogP contribution in [0, 0.1) is 5.92 Å². The van der Waals surface area contributed by atoms with Crippen molar-refractivity contribution in [1.29, 1.82) is 0 Å². The van der Waals surface area contributed by atoms with E-state index in [4.69, 9.17) is 14.2 Å². The van der Waals surface area contributed by atoms with Crippen LogP contribution in [0.1, 0.15) is 18.1 Å². The summed E-state index contributed by atoms with van der Waals surface area (Å²) in [5.41, 5.74) is 6.54. The average molecular weight is 338 g/mol. The number of hydrogen-bond acceptors (Lipinski definition) is 3. The third kappa shape index (κ3) is 2.44. The number of rotatable bonds is 3. The fraction of sp³-hybridized carbons (Fsp3) is 0.381. The minimum absolute atomic E-state index is 0.0757. The van der Waals surface area contributed by atoms with Crippen LogP contribution < -0.4 is 4.74 Å². The second-order valence-corrected chi connectivity index (χ2v) is 6.67. The molecule has 0 bridgehead atoms. The van der Waals surface area contributed by atoms with Gasteiger partial charge >= 0.3 is 0 Å². The van der Waals surface area contributed by atoms with Crippen molar-refractivity contribution < 1.29 is 18.8 Å². The molecule has 1 aromatic carbocycles. The zero-order valence-electron chi connectivity index (χ0n) is 15.2. The fourth-order valence-corrected chi connectivity index (χ4v) is 4.22. The lowest BCUT2D eigenvalue weighted by atomic mass is 9.79. The number of methoxy groups -OCH3 is 3. The van der Waals surface area contributed by atoms with Gasteiger partial charge in [-0.3, -0.25) is 0 Å². The molecule has 0 radical (unpaired) electrons. The van der Waals surface area contributed by atoms with Gasteiger partial charge in [-0.15, -0.1) is 0 Å². The van der Waals surface area contributed by atoms with Gasteiger partial charge in [-0.1, -0.05) is 12.1 Å². The highest BCUT2D eigenvalue weighted by Crippen LogP contribution is 2.41. The van der Waals surface area contributed by atoms with Crippen LogP contribution in [0.4, 0.5) is 0 Å². The Labute approximate surface area is 148 Å². The van der Waals surface area contributed by atoms with E-state index in [1.54, 1.807) is 21.3 Å². The molecule has 25 heavy (non-hydrogen) atoms. The molecule has 0 amide bonds.